The highest BCUT2D eigenvalue weighted by Gasteiger charge is 2.30. The number of aromatic amines is 1. The van der Waals surface area contributed by atoms with E-state index in [1.54, 1.807) is 0 Å². The van der Waals surface area contributed by atoms with Crippen LogP contribution in [-0.2, 0) is 0 Å². The minimum absolute atomic E-state index is 0. The van der Waals surface area contributed by atoms with Crippen molar-refractivity contribution in [3.8, 4) is 0 Å². The van der Waals surface area contributed by atoms with E-state index in [2.05, 4.69) is 15.5 Å². The highest BCUT2D eigenvalue weighted by molar-refractivity contribution is 6.04. The van der Waals surface area contributed by atoms with E-state index < -0.39 is 0 Å². The predicted octanol–water partition coefficient (Wildman–Crippen LogP) is 1.81. The molecule has 6 heteroatoms. The van der Waals surface area contributed by atoms with Crippen LogP contribution in [0.5, 0.6) is 0 Å². The number of rotatable bonds is 3. The summed E-state index contributed by atoms with van der Waals surface area (Å²) in [4.78, 5) is 14.6. The molecule has 1 saturated heterocycles. The molecule has 0 aliphatic carbocycles. The quantitative estimate of drug-likeness (QED) is 0.907. The fraction of sp³-hybridized carbons (Fsp3) is 0.429. The van der Waals surface area contributed by atoms with Gasteiger partial charge in [-0.15, -0.1) is 12.4 Å². The number of carbonyl (C=O) groups is 1. The lowest BCUT2D eigenvalue weighted by Crippen LogP contribution is -2.41. The molecular weight excluding hydrogens is 276 g/mol. The average Bonchev–Trinajstić information content (AvgIpc) is 3.04. The zero-order valence-corrected chi connectivity index (χ0v) is 12.2. The molecule has 1 aromatic heterocycles. The highest BCUT2D eigenvalue weighted by atomic mass is 35.5. The molecule has 0 radical (unpaired) electrons. The van der Waals surface area contributed by atoms with E-state index >= 15 is 0 Å². The number of amides is 1. The molecule has 2 aromatic rings. The van der Waals surface area contributed by atoms with E-state index in [1.807, 2.05) is 36.2 Å². The SMILES string of the molecule is CNCC1CCCN1C(=O)c1n[nH]c2ccccc12.Cl. The summed E-state index contributed by atoms with van der Waals surface area (Å²) in [7, 11) is 1.92. The van der Waals surface area contributed by atoms with Gasteiger partial charge in [0.1, 0.15) is 0 Å². The summed E-state index contributed by atoms with van der Waals surface area (Å²) in [6.45, 7) is 1.67. The van der Waals surface area contributed by atoms with Gasteiger partial charge in [0.15, 0.2) is 5.69 Å². The Morgan fingerprint density at radius 1 is 1.50 bits per heavy atom. The van der Waals surface area contributed by atoms with Gasteiger partial charge in [0.05, 0.1) is 5.52 Å². The van der Waals surface area contributed by atoms with E-state index in [9.17, 15) is 4.79 Å². The zero-order valence-electron chi connectivity index (χ0n) is 11.4. The summed E-state index contributed by atoms with van der Waals surface area (Å²) < 4.78 is 0. The van der Waals surface area contributed by atoms with Crippen LogP contribution in [0.25, 0.3) is 10.9 Å². The monoisotopic (exact) mass is 294 g/mol. The summed E-state index contributed by atoms with van der Waals surface area (Å²) in [6, 6.07) is 8.04. The smallest absolute Gasteiger partial charge is 0.275 e. The standard InChI is InChI=1S/C14H18N4O.ClH/c1-15-9-10-5-4-8-18(10)14(19)13-11-6-2-3-7-12(11)16-17-13;/h2-3,6-7,10,15H,4-5,8-9H2,1H3,(H,16,17);1H. The summed E-state index contributed by atoms with van der Waals surface area (Å²) in [5.74, 6) is 0.0372. The molecule has 1 atom stereocenters. The number of hydrogen-bond acceptors (Lipinski definition) is 3. The van der Waals surface area contributed by atoms with E-state index in [0.29, 0.717) is 5.69 Å². The Bertz CT molecular complexity index is 598. The number of nitrogens with one attached hydrogen (secondary N) is 2. The fourth-order valence-corrected chi connectivity index (χ4v) is 2.81. The lowest BCUT2D eigenvalue weighted by atomic mass is 10.1. The Balaban J connectivity index is 0.00000147. The molecule has 108 valence electrons. The largest absolute Gasteiger partial charge is 0.333 e. The molecule has 1 aliphatic rings. The topological polar surface area (TPSA) is 61.0 Å². The molecule has 1 amide bonds. The van der Waals surface area contributed by atoms with Gasteiger partial charge in [-0.3, -0.25) is 9.89 Å². The summed E-state index contributed by atoms with van der Waals surface area (Å²) in [5, 5.41) is 11.2. The Morgan fingerprint density at radius 3 is 3.10 bits per heavy atom. The third-order valence-corrected chi connectivity index (χ3v) is 3.75. The zero-order chi connectivity index (χ0) is 13.2. The highest BCUT2D eigenvalue weighted by Crippen LogP contribution is 2.22. The maximum atomic E-state index is 12.6. The van der Waals surface area contributed by atoms with Crippen molar-refractivity contribution >= 4 is 29.2 Å². The molecule has 1 aromatic carbocycles. The number of aromatic nitrogens is 2. The van der Waals surface area contributed by atoms with Crippen LogP contribution in [0.3, 0.4) is 0 Å². The predicted molar refractivity (Wildman–Crippen MR) is 81.3 cm³/mol. The maximum absolute atomic E-state index is 12.6. The van der Waals surface area contributed by atoms with Gasteiger partial charge in [0.2, 0.25) is 0 Å². The van der Waals surface area contributed by atoms with Crippen LogP contribution >= 0.6 is 12.4 Å². The Labute approximate surface area is 124 Å². The third-order valence-electron chi connectivity index (χ3n) is 3.75. The summed E-state index contributed by atoms with van der Waals surface area (Å²) >= 11 is 0. The van der Waals surface area contributed by atoms with Gasteiger partial charge >= 0.3 is 0 Å². The Hall–Kier alpha value is -1.59. The fourth-order valence-electron chi connectivity index (χ4n) is 2.81. The number of likely N-dealkylation sites (tertiary alicyclic amines) is 1. The van der Waals surface area contributed by atoms with Gasteiger partial charge in [0, 0.05) is 24.5 Å². The van der Waals surface area contributed by atoms with Crippen molar-refractivity contribution in [2.75, 3.05) is 20.1 Å². The number of halogens is 1. The molecule has 20 heavy (non-hydrogen) atoms. The number of carbonyl (C=O) groups excluding carboxylic acids is 1. The molecule has 1 unspecified atom stereocenters. The van der Waals surface area contributed by atoms with E-state index in [0.717, 1.165) is 36.8 Å². The first-order valence-corrected chi connectivity index (χ1v) is 6.70. The van der Waals surface area contributed by atoms with Crippen molar-refractivity contribution in [1.82, 2.24) is 20.4 Å². The van der Waals surface area contributed by atoms with Crippen molar-refractivity contribution in [1.29, 1.82) is 0 Å². The number of benzene rings is 1. The van der Waals surface area contributed by atoms with Crippen LogP contribution in [0.2, 0.25) is 0 Å². The van der Waals surface area contributed by atoms with Crippen molar-refractivity contribution in [2.24, 2.45) is 0 Å². The molecule has 2 N–H and O–H groups in total. The number of nitrogens with zero attached hydrogens (tertiary/aromatic N) is 2. The van der Waals surface area contributed by atoms with Gasteiger partial charge < -0.3 is 10.2 Å². The van der Waals surface area contributed by atoms with Crippen LogP contribution in [0.15, 0.2) is 24.3 Å². The molecule has 1 fully saturated rings. The van der Waals surface area contributed by atoms with Gasteiger partial charge in [-0.05, 0) is 26.0 Å². The molecule has 0 saturated carbocycles. The molecule has 0 bridgehead atoms. The van der Waals surface area contributed by atoms with Crippen LogP contribution in [0.1, 0.15) is 23.3 Å². The summed E-state index contributed by atoms with van der Waals surface area (Å²) in [6.07, 6.45) is 2.13. The van der Waals surface area contributed by atoms with E-state index in [-0.39, 0.29) is 24.4 Å². The molecule has 0 spiro atoms. The van der Waals surface area contributed by atoms with Gasteiger partial charge in [0.25, 0.3) is 5.91 Å². The van der Waals surface area contributed by atoms with Crippen molar-refractivity contribution < 1.29 is 4.79 Å². The second kappa shape index (κ2) is 6.24. The molecule has 5 nitrogen and oxygen atoms in total. The molecular formula is C14H19ClN4O. The Kier molecular flexibility index (Phi) is 4.62. The number of H-pyrrole nitrogens is 1. The lowest BCUT2D eigenvalue weighted by molar-refractivity contribution is 0.0733. The van der Waals surface area contributed by atoms with Crippen LogP contribution in [0.4, 0.5) is 0 Å². The second-order valence-corrected chi connectivity index (χ2v) is 4.97. The minimum atomic E-state index is 0. The minimum Gasteiger partial charge on any atom is -0.333 e. The third kappa shape index (κ3) is 2.51. The molecule has 2 heterocycles. The second-order valence-electron chi connectivity index (χ2n) is 4.97. The number of para-hydroxylation sites is 1. The van der Waals surface area contributed by atoms with Crippen molar-refractivity contribution in [3.05, 3.63) is 30.0 Å². The van der Waals surface area contributed by atoms with Crippen LogP contribution < -0.4 is 5.32 Å². The maximum Gasteiger partial charge on any atom is 0.275 e. The normalized spacial score (nSPS) is 18.2. The van der Waals surface area contributed by atoms with Crippen molar-refractivity contribution in [3.63, 3.8) is 0 Å². The first-order chi connectivity index (χ1) is 9.31. The van der Waals surface area contributed by atoms with E-state index in [4.69, 9.17) is 0 Å². The molecule has 3 rings (SSSR count). The van der Waals surface area contributed by atoms with Gasteiger partial charge in [-0.2, -0.15) is 5.10 Å². The summed E-state index contributed by atoms with van der Waals surface area (Å²) in [5.41, 5.74) is 1.45. The first-order valence-electron chi connectivity index (χ1n) is 6.70. The number of likely N-dealkylation sites (N-methyl/N-ethyl adjacent to an activating group) is 1. The van der Waals surface area contributed by atoms with Crippen molar-refractivity contribution in [2.45, 2.75) is 18.9 Å². The van der Waals surface area contributed by atoms with Gasteiger partial charge in [-0.25, -0.2) is 0 Å². The van der Waals surface area contributed by atoms with Crippen LogP contribution in [0, 0.1) is 0 Å². The first kappa shape index (κ1) is 14.8. The number of hydrogen-bond donors (Lipinski definition) is 2. The lowest BCUT2D eigenvalue weighted by Gasteiger charge is -2.23. The number of fused-ring (bicyclic) bond motifs is 1. The van der Waals surface area contributed by atoms with E-state index in [1.165, 1.54) is 0 Å². The molecule has 1 aliphatic heterocycles. The van der Waals surface area contributed by atoms with Crippen LogP contribution in [-0.4, -0.2) is 47.2 Å². The average molecular weight is 295 g/mol. The van der Waals surface area contributed by atoms with Gasteiger partial charge in [-0.1, -0.05) is 18.2 Å². The Morgan fingerprint density at radius 2 is 2.30 bits per heavy atom.